The van der Waals surface area contributed by atoms with Crippen LogP contribution in [0.3, 0.4) is 0 Å². The first-order valence-corrected chi connectivity index (χ1v) is 14.6. The van der Waals surface area contributed by atoms with Crippen molar-refractivity contribution in [3.05, 3.63) is 59.2 Å². The maximum atomic E-state index is 13.1. The predicted octanol–water partition coefficient (Wildman–Crippen LogP) is 3.70. The molecule has 0 saturated heterocycles. The van der Waals surface area contributed by atoms with Crippen LogP contribution in [0.5, 0.6) is 0 Å². The van der Waals surface area contributed by atoms with E-state index in [1.807, 2.05) is 27.7 Å². The Balaban J connectivity index is 1.66. The van der Waals surface area contributed by atoms with Crippen LogP contribution in [0.15, 0.2) is 36.9 Å². The van der Waals surface area contributed by atoms with Crippen molar-refractivity contribution < 1.29 is 19.2 Å². The van der Waals surface area contributed by atoms with Crippen molar-refractivity contribution >= 4 is 23.4 Å². The van der Waals surface area contributed by atoms with Gasteiger partial charge in [0.15, 0.2) is 11.6 Å². The van der Waals surface area contributed by atoms with Crippen molar-refractivity contribution in [3.8, 4) is 0 Å². The van der Waals surface area contributed by atoms with Gasteiger partial charge in [-0.15, -0.1) is 0 Å². The van der Waals surface area contributed by atoms with Gasteiger partial charge in [-0.1, -0.05) is 59.8 Å². The van der Waals surface area contributed by atoms with Crippen molar-refractivity contribution in [3.63, 3.8) is 0 Å². The standard InChI is InChI=1S/C31H46N6O4/c1-20(2)26(28(38)24-18-34-16-12-22(24)30(32)40)36-14-10-8-6-5-7-9-11-15-37-27(21(3)4)29(39)25-19-35-17-13-23(25)31(33)41/h12-13,16-21,26-27,36-37H,5-11,14-15H2,1-4H3,(H2,32,40)(H2,33,41). The number of primary amides is 2. The lowest BCUT2D eigenvalue weighted by molar-refractivity contribution is 0.0901. The number of amides is 2. The van der Waals surface area contributed by atoms with E-state index in [4.69, 9.17) is 11.5 Å². The van der Waals surface area contributed by atoms with Crippen molar-refractivity contribution in [2.75, 3.05) is 13.1 Å². The highest BCUT2D eigenvalue weighted by atomic mass is 16.2. The van der Waals surface area contributed by atoms with Crippen LogP contribution in [0, 0.1) is 11.8 Å². The molecule has 2 unspecified atom stereocenters. The molecule has 6 N–H and O–H groups in total. The molecule has 2 heterocycles. The molecule has 10 heteroatoms. The van der Waals surface area contributed by atoms with Gasteiger partial charge in [0.05, 0.1) is 34.3 Å². The van der Waals surface area contributed by atoms with E-state index in [2.05, 4.69) is 20.6 Å². The lowest BCUT2D eigenvalue weighted by atomic mass is 9.93. The van der Waals surface area contributed by atoms with Gasteiger partial charge in [-0.05, 0) is 49.9 Å². The molecule has 0 aliphatic heterocycles. The minimum absolute atomic E-state index is 0.0530. The van der Waals surface area contributed by atoms with Gasteiger partial charge in [0.25, 0.3) is 0 Å². The maximum Gasteiger partial charge on any atom is 0.249 e. The smallest absolute Gasteiger partial charge is 0.249 e. The lowest BCUT2D eigenvalue weighted by Crippen LogP contribution is -2.42. The Morgan fingerprint density at radius 3 is 1.27 bits per heavy atom. The second-order valence-corrected chi connectivity index (χ2v) is 11.1. The van der Waals surface area contributed by atoms with E-state index in [0.717, 1.165) is 44.9 Å². The van der Waals surface area contributed by atoms with Gasteiger partial charge >= 0.3 is 0 Å². The number of pyridine rings is 2. The number of nitrogens with zero attached hydrogens (tertiary/aromatic N) is 2. The summed E-state index contributed by atoms with van der Waals surface area (Å²) >= 11 is 0. The summed E-state index contributed by atoms with van der Waals surface area (Å²) in [5.74, 6) is -1.48. The minimum Gasteiger partial charge on any atom is -0.366 e. The quantitative estimate of drug-likeness (QED) is 0.139. The van der Waals surface area contributed by atoms with Crippen LogP contribution >= 0.6 is 0 Å². The van der Waals surface area contributed by atoms with Gasteiger partial charge in [-0.2, -0.15) is 0 Å². The Morgan fingerprint density at radius 1 is 0.610 bits per heavy atom. The number of rotatable bonds is 20. The van der Waals surface area contributed by atoms with Crippen LogP contribution < -0.4 is 22.1 Å². The molecule has 2 aromatic rings. The third-order valence-corrected chi connectivity index (χ3v) is 7.18. The molecule has 0 spiro atoms. The van der Waals surface area contributed by atoms with Gasteiger partial charge < -0.3 is 22.1 Å². The molecule has 0 saturated carbocycles. The van der Waals surface area contributed by atoms with E-state index in [1.54, 1.807) is 0 Å². The molecule has 0 bridgehead atoms. The first-order chi connectivity index (χ1) is 19.6. The highest BCUT2D eigenvalue weighted by Gasteiger charge is 2.27. The number of hydrogen-bond acceptors (Lipinski definition) is 8. The van der Waals surface area contributed by atoms with Crippen LogP contribution in [0.2, 0.25) is 0 Å². The molecule has 10 nitrogen and oxygen atoms in total. The predicted molar refractivity (Wildman–Crippen MR) is 160 cm³/mol. The van der Waals surface area contributed by atoms with E-state index in [0.29, 0.717) is 13.1 Å². The summed E-state index contributed by atoms with van der Waals surface area (Å²) in [6, 6.07) is 2.14. The zero-order chi connectivity index (χ0) is 30.4. The number of ketones is 2. The fourth-order valence-corrected chi connectivity index (χ4v) is 4.86. The monoisotopic (exact) mass is 566 g/mol. The maximum absolute atomic E-state index is 13.1. The molecule has 0 aromatic carbocycles. The van der Waals surface area contributed by atoms with Gasteiger partial charge in [-0.25, -0.2) is 0 Å². The molecule has 41 heavy (non-hydrogen) atoms. The first-order valence-electron chi connectivity index (χ1n) is 14.6. The second kappa shape index (κ2) is 17.3. The van der Waals surface area contributed by atoms with Crippen LogP contribution in [-0.4, -0.2) is 58.5 Å². The van der Waals surface area contributed by atoms with Crippen molar-refractivity contribution in [2.45, 2.75) is 84.7 Å². The SMILES string of the molecule is CC(C)C(NCCCCCCCCCNC(C(=O)c1cnccc1C(N)=O)C(C)C)C(=O)c1cnccc1C(N)=O. The topological polar surface area (TPSA) is 170 Å². The molecule has 0 fully saturated rings. The molecule has 0 radical (unpaired) electrons. The van der Waals surface area contributed by atoms with Crippen LogP contribution in [0.1, 0.15) is 114 Å². The van der Waals surface area contributed by atoms with Crippen LogP contribution in [-0.2, 0) is 0 Å². The summed E-state index contributed by atoms with van der Waals surface area (Å²) < 4.78 is 0. The summed E-state index contributed by atoms with van der Waals surface area (Å²) in [5.41, 5.74) is 11.8. The number of carbonyl (C=O) groups is 4. The van der Waals surface area contributed by atoms with Crippen molar-refractivity contribution in [1.29, 1.82) is 0 Å². The van der Waals surface area contributed by atoms with E-state index in [9.17, 15) is 19.2 Å². The van der Waals surface area contributed by atoms with E-state index in [-0.39, 0.29) is 45.7 Å². The Morgan fingerprint density at radius 2 is 0.951 bits per heavy atom. The minimum atomic E-state index is -0.634. The molecule has 2 aromatic heterocycles. The first kappa shape index (κ1) is 33.7. The molecule has 2 rings (SSSR count). The number of carbonyl (C=O) groups excluding carboxylic acids is 4. The van der Waals surface area contributed by atoms with Crippen molar-refractivity contribution in [1.82, 2.24) is 20.6 Å². The Hall–Kier alpha value is -3.50. The third-order valence-electron chi connectivity index (χ3n) is 7.18. The van der Waals surface area contributed by atoms with Gasteiger partial charge in [-0.3, -0.25) is 29.1 Å². The Bertz CT molecular complexity index is 1080. The van der Waals surface area contributed by atoms with Crippen LogP contribution in [0.25, 0.3) is 0 Å². The molecular weight excluding hydrogens is 520 g/mol. The Labute approximate surface area is 243 Å². The Kier molecular flexibility index (Phi) is 14.3. The fourth-order valence-electron chi connectivity index (χ4n) is 4.86. The molecule has 0 aliphatic rings. The summed E-state index contributed by atoms with van der Waals surface area (Å²) in [7, 11) is 0. The van der Waals surface area contributed by atoms with E-state index in [1.165, 1.54) is 36.9 Å². The fraction of sp³-hybridized carbons (Fsp3) is 0.548. The van der Waals surface area contributed by atoms with E-state index >= 15 is 0 Å². The highest BCUT2D eigenvalue weighted by Crippen LogP contribution is 2.16. The summed E-state index contributed by atoms with van der Waals surface area (Å²) in [4.78, 5) is 57.6. The number of hydrogen-bond donors (Lipinski definition) is 4. The van der Waals surface area contributed by atoms with E-state index < -0.39 is 23.9 Å². The lowest BCUT2D eigenvalue weighted by Gasteiger charge is -2.22. The zero-order valence-corrected chi connectivity index (χ0v) is 24.8. The molecule has 2 amide bonds. The number of aromatic nitrogens is 2. The number of nitrogens with two attached hydrogens (primary N) is 2. The third kappa shape index (κ3) is 10.4. The number of Topliss-reactive ketones (excluding diaryl/α,β-unsaturated/α-hetero) is 2. The zero-order valence-electron chi connectivity index (χ0n) is 24.8. The van der Waals surface area contributed by atoms with Gasteiger partial charge in [0.1, 0.15) is 0 Å². The van der Waals surface area contributed by atoms with Crippen LogP contribution in [0.4, 0.5) is 0 Å². The molecule has 224 valence electrons. The second-order valence-electron chi connectivity index (χ2n) is 11.1. The average Bonchev–Trinajstić information content (AvgIpc) is 2.94. The molecule has 2 atom stereocenters. The van der Waals surface area contributed by atoms with Crippen molar-refractivity contribution in [2.24, 2.45) is 23.3 Å². The summed E-state index contributed by atoms with van der Waals surface area (Å²) in [6.07, 6.45) is 13.1. The largest absolute Gasteiger partial charge is 0.366 e. The highest BCUT2D eigenvalue weighted by molar-refractivity contribution is 6.10. The summed E-state index contributed by atoms with van der Waals surface area (Å²) in [5, 5.41) is 6.72. The molecule has 0 aliphatic carbocycles. The summed E-state index contributed by atoms with van der Waals surface area (Å²) in [6.45, 7) is 9.32. The molecular formula is C31H46N6O4. The average molecular weight is 567 g/mol. The number of unbranched alkanes of at least 4 members (excludes halogenated alkanes) is 6. The normalized spacial score (nSPS) is 12.8. The number of nitrogens with one attached hydrogen (secondary N) is 2. The van der Waals surface area contributed by atoms with Gasteiger partial charge in [0.2, 0.25) is 11.8 Å². The van der Waals surface area contributed by atoms with Gasteiger partial charge in [0, 0.05) is 24.8 Å².